The van der Waals surface area contributed by atoms with Gasteiger partial charge >= 0.3 is 0 Å². The van der Waals surface area contributed by atoms with Gasteiger partial charge in [-0.1, -0.05) is 30.3 Å². The summed E-state index contributed by atoms with van der Waals surface area (Å²) in [5, 5.41) is 0. The molecule has 2 fully saturated rings. The molecule has 0 radical (unpaired) electrons. The fraction of sp³-hybridized carbons (Fsp3) is 0.458. The number of halogens is 3. The molecule has 2 aliphatic heterocycles. The van der Waals surface area contributed by atoms with Crippen LogP contribution in [0.1, 0.15) is 36.8 Å². The Kier molecular flexibility index (Phi) is 7.30. The number of amides is 1. The van der Waals surface area contributed by atoms with E-state index in [-0.39, 0.29) is 36.5 Å². The third kappa shape index (κ3) is 5.61. The molecule has 0 aromatic heterocycles. The van der Waals surface area contributed by atoms with Crippen molar-refractivity contribution in [1.29, 1.82) is 0 Å². The zero-order valence-corrected chi connectivity index (χ0v) is 19.4. The number of carbonyl (C=O) groups is 1. The predicted octanol–water partition coefficient (Wildman–Crippen LogP) is 2.86. The van der Waals surface area contributed by atoms with Crippen LogP contribution >= 0.6 is 0 Å². The minimum Gasteiger partial charge on any atom is -0.336 e. The number of benzene rings is 2. The molecule has 0 unspecified atom stereocenters. The highest BCUT2D eigenvalue weighted by molar-refractivity contribution is 7.90. The second-order valence-electron chi connectivity index (χ2n) is 9.21. The number of fused-ring (bicyclic) bond motifs is 2. The highest BCUT2D eigenvalue weighted by atomic mass is 32.2. The Balaban J connectivity index is 1.35. The van der Waals surface area contributed by atoms with Gasteiger partial charge < -0.3 is 10.6 Å². The van der Waals surface area contributed by atoms with Crippen LogP contribution in [0.5, 0.6) is 0 Å². The standard InChI is InChI=1S/C24H28F3N3O3S/c25-20-12-22(27)21(26)10-16(20)11-23(28)17-8-18-6-7-19(9-17)30(18)24(31)14-34(32,33)29-13-15-4-2-1-3-5-15/h1-5,10,12,17-19,23,29H,6-9,11,13-14,28H2/t17-,18-,19+,23-/m1/s1. The highest BCUT2D eigenvalue weighted by Crippen LogP contribution is 2.40. The first-order valence-electron chi connectivity index (χ1n) is 11.3. The fourth-order valence-corrected chi connectivity index (χ4v) is 6.16. The maximum atomic E-state index is 14.0. The molecule has 10 heteroatoms. The number of sulfonamides is 1. The van der Waals surface area contributed by atoms with Crippen LogP contribution in [0.4, 0.5) is 13.2 Å². The topological polar surface area (TPSA) is 92.5 Å². The van der Waals surface area contributed by atoms with Gasteiger partial charge in [0.1, 0.15) is 11.6 Å². The molecule has 6 nitrogen and oxygen atoms in total. The van der Waals surface area contributed by atoms with Gasteiger partial charge in [0.15, 0.2) is 11.6 Å². The third-order valence-electron chi connectivity index (χ3n) is 6.86. The van der Waals surface area contributed by atoms with Crippen molar-refractivity contribution >= 4 is 15.9 Å². The molecule has 2 saturated heterocycles. The predicted molar refractivity (Wildman–Crippen MR) is 121 cm³/mol. The summed E-state index contributed by atoms with van der Waals surface area (Å²) in [4.78, 5) is 14.6. The summed E-state index contributed by atoms with van der Waals surface area (Å²) in [5.41, 5.74) is 7.13. The van der Waals surface area contributed by atoms with Crippen LogP contribution in [0.25, 0.3) is 0 Å². The molecule has 3 N–H and O–H groups in total. The van der Waals surface area contributed by atoms with E-state index in [4.69, 9.17) is 5.73 Å². The van der Waals surface area contributed by atoms with E-state index in [2.05, 4.69) is 4.72 Å². The van der Waals surface area contributed by atoms with Crippen LogP contribution in [0.3, 0.4) is 0 Å². The van der Waals surface area contributed by atoms with E-state index in [1.54, 1.807) is 17.0 Å². The largest absolute Gasteiger partial charge is 0.336 e. The van der Waals surface area contributed by atoms with Crippen LogP contribution in [0.15, 0.2) is 42.5 Å². The number of piperidine rings is 1. The normalized spacial score (nSPS) is 23.2. The Morgan fingerprint density at radius 2 is 1.65 bits per heavy atom. The molecule has 0 aliphatic carbocycles. The Morgan fingerprint density at radius 1 is 1.03 bits per heavy atom. The van der Waals surface area contributed by atoms with Gasteiger partial charge in [0.2, 0.25) is 15.9 Å². The molecule has 4 rings (SSSR count). The molecule has 2 aromatic rings. The van der Waals surface area contributed by atoms with Gasteiger partial charge in [0.25, 0.3) is 0 Å². The molecular weight excluding hydrogens is 467 g/mol. The van der Waals surface area contributed by atoms with E-state index in [1.807, 2.05) is 18.2 Å². The van der Waals surface area contributed by atoms with Gasteiger partial charge in [0, 0.05) is 30.7 Å². The monoisotopic (exact) mass is 495 g/mol. The van der Waals surface area contributed by atoms with E-state index >= 15 is 0 Å². The molecule has 2 heterocycles. The summed E-state index contributed by atoms with van der Waals surface area (Å²) in [6, 6.07) is 9.64. The second kappa shape index (κ2) is 10.1. The van der Waals surface area contributed by atoms with Crippen LogP contribution in [-0.2, 0) is 27.8 Å². The summed E-state index contributed by atoms with van der Waals surface area (Å²) in [6.07, 6.45) is 2.67. The van der Waals surface area contributed by atoms with Crippen LogP contribution in [-0.4, -0.2) is 43.1 Å². The molecule has 0 spiro atoms. The molecule has 0 saturated carbocycles. The molecule has 2 bridgehead atoms. The van der Waals surface area contributed by atoms with E-state index in [9.17, 15) is 26.4 Å². The lowest BCUT2D eigenvalue weighted by atomic mass is 9.82. The van der Waals surface area contributed by atoms with E-state index in [1.165, 1.54) is 0 Å². The van der Waals surface area contributed by atoms with Crippen molar-refractivity contribution in [1.82, 2.24) is 9.62 Å². The molecule has 2 aromatic carbocycles. The number of hydrogen-bond acceptors (Lipinski definition) is 4. The first kappa shape index (κ1) is 24.7. The van der Waals surface area contributed by atoms with Gasteiger partial charge in [-0.2, -0.15) is 0 Å². The highest BCUT2D eigenvalue weighted by Gasteiger charge is 2.45. The number of rotatable bonds is 8. The minimum atomic E-state index is -3.80. The number of nitrogens with zero attached hydrogens (tertiary/aromatic N) is 1. The quantitative estimate of drug-likeness (QED) is 0.551. The summed E-state index contributed by atoms with van der Waals surface area (Å²) in [7, 11) is -3.80. The number of hydrogen-bond donors (Lipinski definition) is 2. The number of carbonyl (C=O) groups excluding carboxylic acids is 1. The molecule has 184 valence electrons. The first-order valence-corrected chi connectivity index (χ1v) is 13.0. The average molecular weight is 496 g/mol. The maximum Gasteiger partial charge on any atom is 0.239 e. The summed E-state index contributed by atoms with van der Waals surface area (Å²) < 4.78 is 68.2. The summed E-state index contributed by atoms with van der Waals surface area (Å²) in [5.74, 6) is -4.30. The van der Waals surface area contributed by atoms with E-state index in [0.717, 1.165) is 24.5 Å². The van der Waals surface area contributed by atoms with E-state index in [0.29, 0.717) is 18.9 Å². The summed E-state index contributed by atoms with van der Waals surface area (Å²) >= 11 is 0. The zero-order valence-electron chi connectivity index (χ0n) is 18.6. The molecule has 1 amide bonds. The zero-order chi connectivity index (χ0) is 24.5. The smallest absolute Gasteiger partial charge is 0.239 e. The van der Waals surface area contributed by atoms with Gasteiger partial charge in [-0.25, -0.2) is 26.3 Å². The van der Waals surface area contributed by atoms with Crippen molar-refractivity contribution in [3.63, 3.8) is 0 Å². The molecular formula is C24H28F3N3O3S. The number of nitrogens with two attached hydrogens (primary N) is 1. The minimum absolute atomic E-state index is 0.0211. The Bertz CT molecular complexity index is 1130. The second-order valence-corrected chi connectivity index (χ2v) is 11.0. The van der Waals surface area contributed by atoms with Crippen LogP contribution in [0.2, 0.25) is 0 Å². The fourth-order valence-electron chi connectivity index (χ4n) is 5.19. The van der Waals surface area contributed by atoms with Crippen molar-refractivity contribution in [2.45, 2.75) is 56.8 Å². The summed E-state index contributed by atoms with van der Waals surface area (Å²) in [6.45, 7) is 0.112. The van der Waals surface area contributed by atoms with Crippen molar-refractivity contribution in [3.8, 4) is 0 Å². The average Bonchev–Trinajstić information content (AvgIpc) is 3.06. The van der Waals surface area contributed by atoms with Crippen molar-refractivity contribution < 1.29 is 26.4 Å². The lowest BCUT2D eigenvalue weighted by Gasteiger charge is -2.41. The Hall–Kier alpha value is -2.43. The Labute approximate surface area is 197 Å². The van der Waals surface area contributed by atoms with Gasteiger partial charge in [-0.3, -0.25) is 4.79 Å². The van der Waals surface area contributed by atoms with Gasteiger partial charge in [-0.15, -0.1) is 0 Å². The van der Waals surface area contributed by atoms with Gasteiger partial charge in [-0.05, 0) is 55.2 Å². The molecule has 34 heavy (non-hydrogen) atoms. The number of nitrogens with one attached hydrogen (secondary N) is 1. The van der Waals surface area contributed by atoms with Crippen molar-refractivity contribution in [3.05, 3.63) is 71.0 Å². The van der Waals surface area contributed by atoms with Crippen molar-refractivity contribution in [2.75, 3.05) is 5.75 Å². The lowest BCUT2D eigenvalue weighted by molar-refractivity contribution is -0.133. The SMILES string of the molecule is N[C@H](Cc1cc(F)c(F)cc1F)[C@@H]1C[C@H]2CC[C@@H](C1)N2C(=O)CS(=O)(=O)NCc1ccccc1. The Morgan fingerprint density at radius 3 is 2.29 bits per heavy atom. The molecule has 2 aliphatic rings. The first-order chi connectivity index (χ1) is 16.1. The third-order valence-corrected chi connectivity index (χ3v) is 8.07. The van der Waals surface area contributed by atoms with Crippen molar-refractivity contribution in [2.24, 2.45) is 11.7 Å². The van der Waals surface area contributed by atoms with Gasteiger partial charge in [0.05, 0.1) is 0 Å². The van der Waals surface area contributed by atoms with Crippen LogP contribution in [0, 0.1) is 23.4 Å². The maximum absolute atomic E-state index is 14.0. The molecule has 4 atom stereocenters. The van der Waals surface area contributed by atoms with E-state index < -0.39 is 45.2 Å². The lowest BCUT2D eigenvalue weighted by Crippen LogP contribution is -2.52. The van der Waals surface area contributed by atoms with Crippen LogP contribution < -0.4 is 10.5 Å².